The molecule has 1 N–H and O–H groups in total. The number of carbonyl (C=O) groups is 1. The molecule has 1 aromatic heterocycles. The smallest absolute Gasteiger partial charge is 0.347 e. The van der Waals surface area contributed by atoms with E-state index in [1.165, 1.54) is 6.20 Å². The number of nitrogens with zero attached hydrogens (tertiary/aromatic N) is 1. The van der Waals surface area contributed by atoms with Crippen molar-refractivity contribution in [2.24, 2.45) is 0 Å². The van der Waals surface area contributed by atoms with Crippen molar-refractivity contribution >= 4 is 17.3 Å². The van der Waals surface area contributed by atoms with Crippen molar-refractivity contribution in [3.8, 4) is 5.75 Å². The molecule has 0 aliphatic carbocycles. The first-order chi connectivity index (χ1) is 9.47. The van der Waals surface area contributed by atoms with Crippen LogP contribution in [0.3, 0.4) is 0 Å². The standard InChI is InChI=1S/C15H17NO3S/c1-9(2)11-5-4-10(3)6-12(11)19-8-14-16-7-13(20-14)15(17)18/h4-7,9H,8H2,1-3H3,(H,17,18). The zero-order valence-electron chi connectivity index (χ0n) is 11.7. The van der Waals surface area contributed by atoms with E-state index in [2.05, 4.69) is 31.0 Å². The zero-order valence-corrected chi connectivity index (χ0v) is 12.5. The first kappa shape index (κ1) is 14.5. The predicted octanol–water partition coefficient (Wildman–Crippen LogP) is 3.85. The molecule has 0 amide bonds. The van der Waals surface area contributed by atoms with Gasteiger partial charge in [0.1, 0.15) is 22.2 Å². The summed E-state index contributed by atoms with van der Waals surface area (Å²) in [6, 6.07) is 6.13. The van der Waals surface area contributed by atoms with Gasteiger partial charge in [0.2, 0.25) is 0 Å². The number of aromatic nitrogens is 1. The highest BCUT2D eigenvalue weighted by Crippen LogP contribution is 2.28. The van der Waals surface area contributed by atoms with E-state index in [1.54, 1.807) is 0 Å². The number of ether oxygens (including phenoxy) is 1. The van der Waals surface area contributed by atoms with E-state index in [9.17, 15) is 4.79 Å². The molecule has 106 valence electrons. The van der Waals surface area contributed by atoms with Gasteiger partial charge in [-0.2, -0.15) is 0 Å². The van der Waals surface area contributed by atoms with E-state index in [0.29, 0.717) is 17.5 Å². The first-order valence-corrected chi connectivity index (χ1v) is 7.20. The molecule has 0 aliphatic heterocycles. The number of rotatable bonds is 5. The maximum absolute atomic E-state index is 10.8. The molecule has 0 saturated carbocycles. The third-order valence-electron chi connectivity index (χ3n) is 2.91. The van der Waals surface area contributed by atoms with Crippen molar-refractivity contribution in [3.63, 3.8) is 0 Å². The van der Waals surface area contributed by atoms with Gasteiger partial charge in [0.05, 0.1) is 6.20 Å². The molecule has 0 spiro atoms. The minimum absolute atomic E-state index is 0.233. The molecule has 0 unspecified atom stereocenters. The average molecular weight is 291 g/mol. The molecule has 4 nitrogen and oxygen atoms in total. The number of carboxylic acids is 1. The molecule has 0 fully saturated rings. The minimum Gasteiger partial charge on any atom is -0.486 e. The summed E-state index contributed by atoms with van der Waals surface area (Å²) < 4.78 is 5.81. The van der Waals surface area contributed by atoms with E-state index in [0.717, 1.165) is 28.2 Å². The predicted molar refractivity (Wildman–Crippen MR) is 78.7 cm³/mol. The Hall–Kier alpha value is -1.88. The highest BCUT2D eigenvalue weighted by molar-refractivity contribution is 7.13. The molecule has 2 rings (SSSR count). The quantitative estimate of drug-likeness (QED) is 0.909. The van der Waals surface area contributed by atoms with Gasteiger partial charge in [0.25, 0.3) is 0 Å². The van der Waals surface area contributed by atoms with Gasteiger partial charge in [-0.3, -0.25) is 0 Å². The van der Waals surface area contributed by atoms with Crippen LogP contribution in [0.1, 0.15) is 45.6 Å². The van der Waals surface area contributed by atoms with Gasteiger partial charge in [0.15, 0.2) is 0 Å². The van der Waals surface area contributed by atoms with Crippen molar-refractivity contribution in [3.05, 3.63) is 45.4 Å². The van der Waals surface area contributed by atoms with Crippen molar-refractivity contribution < 1.29 is 14.6 Å². The monoisotopic (exact) mass is 291 g/mol. The third-order valence-corrected chi connectivity index (χ3v) is 3.87. The molecule has 0 aliphatic rings. The first-order valence-electron chi connectivity index (χ1n) is 6.38. The van der Waals surface area contributed by atoms with Gasteiger partial charge in [-0.25, -0.2) is 9.78 Å². The molecular formula is C15H17NO3S. The van der Waals surface area contributed by atoms with E-state index in [4.69, 9.17) is 9.84 Å². The maximum atomic E-state index is 10.8. The maximum Gasteiger partial charge on any atom is 0.347 e. The van der Waals surface area contributed by atoms with E-state index >= 15 is 0 Å². The van der Waals surface area contributed by atoms with Crippen molar-refractivity contribution in [2.45, 2.75) is 33.3 Å². The Labute approximate surface area is 122 Å². The highest BCUT2D eigenvalue weighted by Gasteiger charge is 2.11. The van der Waals surface area contributed by atoms with Gasteiger partial charge in [-0.15, -0.1) is 11.3 Å². The number of aryl methyl sites for hydroxylation is 1. The van der Waals surface area contributed by atoms with Crippen LogP contribution in [0.25, 0.3) is 0 Å². The number of thiazole rings is 1. The fraction of sp³-hybridized carbons (Fsp3) is 0.333. The molecular weight excluding hydrogens is 274 g/mol. The summed E-state index contributed by atoms with van der Waals surface area (Å²) in [6.07, 6.45) is 1.37. The Bertz CT molecular complexity index is 619. The molecule has 5 heteroatoms. The Morgan fingerprint density at radius 2 is 2.20 bits per heavy atom. The lowest BCUT2D eigenvalue weighted by molar-refractivity contribution is 0.0702. The van der Waals surface area contributed by atoms with Crippen molar-refractivity contribution in [1.29, 1.82) is 0 Å². The van der Waals surface area contributed by atoms with Crippen LogP contribution in [-0.4, -0.2) is 16.1 Å². The summed E-state index contributed by atoms with van der Waals surface area (Å²) in [7, 11) is 0. The molecule has 0 saturated heterocycles. The van der Waals surface area contributed by atoms with Gasteiger partial charge in [-0.05, 0) is 30.0 Å². The van der Waals surface area contributed by atoms with Crippen LogP contribution >= 0.6 is 11.3 Å². The lowest BCUT2D eigenvalue weighted by atomic mass is 10.0. The van der Waals surface area contributed by atoms with Gasteiger partial charge in [-0.1, -0.05) is 26.0 Å². The second kappa shape index (κ2) is 6.05. The number of aromatic carboxylic acids is 1. The van der Waals surface area contributed by atoms with Crippen LogP contribution in [0.5, 0.6) is 5.75 Å². The van der Waals surface area contributed by atoms with Crippen molar-refractivity contribution in [2.75, 3.05) is 0 Å². The summed E-state index contributed by atoms with van der Waals surface area (Å²) in [5, 5.41) is 9.53. The van der Waals surface area contributed by atoms with Crippen LogP contribution < -0.4 is 4.74 Å². The SMILES string of the molecule is Cc1ccc(C(C)C)c(OCc2ncc(C(=O)O)s2)c1. The molecule has 0 radical (unpaired) electrons. The fourth-order valence-corrected chi connectivity index (χ4v) is 2.53. The molecule has 0 atom stereocenters. The Morgan fingerprint density at radius 1 is 1.45 bits per heavy atom. The number of hydrogen-bond acceptors (Lipinski definition) is 4. The van der Waals surface area contributed by atoms with Crippen LogP contribution in [-0.2, 0) is 6.61 Å². The summed E-state index contributed by atoms with van der Waals surface area (Å²) >= 11 is 1.14. The lowest BCUT2D eigenvalue weighted by Crippen LogP contribution is -2.00. The Balaban J connectivity index is 2.13. The molecule has 0 bridgehead atoms. The van der Waals surface area contributed by atoms with Gasteiger partial charge < -0.3 is 9.84 Å². The number of carboxylic acid groups (broad SMARTS) is 1. The summed E-state index contributed by atoms with van der Waals surface area (Å²) in [5.74, 6) is 0.260. The largest absolute Gasteiger partial charge is 0.486 e. The van der Waals surface area contributed by atoms with Crippen LogP contribution in [0.4, 0.5) is 0 Å². The number of benzene rings is 1. The Morgan fingerprint density at radius 3 is 2.80 bits per heavy atom. The van der Waals surface area contributed by atoms with E-state index in [1.807, 2.05) is 13.0 Å². The summed E-state index contributed by atoms with van der Waals surface area (Å²) in [6.45, 7) is 6.54. The second-order valence-electron chi connectivity index (χ2n) is 4.91. The fourth-order valence-electron chi connectivity index (χ4n) is 1.86. The topological polar surface area (TPSA) is 59.4 Å². The lowest BCUT2D eigenvalue weighted by Gasteiger charge is -2.14. The minimum atomic E-state index is -0.952. The molecule has 20 heavy (non-hydrogen) atoms. The molecule has 1 aromatic carbocycles. The van der Waals surface area contributed by atoms with Crippen LogP contribution in [0.2, 0.25) is 0 Å². The molecule has 1 heterocycles. The zero-order chi connectivity index (χ0) is 14.7. The van der Waals surface area contributed by atoms with Gasteiger partial charge >= 0.3 is 5.97 Å². The van der Waals surface area contributed by atoms with E-state index in [-0.39, 0.29) is 4.88 Å². The van der Waals surface area contributed by atoms with Crippen LogP contribution in [0.15, 0.2) is 24.4 Å². The van der Waals surface area contributed by atoms with Crippen LogP contribution in [0, 0.1) is 6.92 Å². The van der Waals surface area contributed by atoms with E-state index < -0.39 is 5.97 Å². The molecule has 2 aromatic rings. The third kappa shape index (κ3) is 3.36. The van der Waals surface area contributed by atoms with Gasteiger partial charge in [0, 0.05) is 0 Å². The highest BCUT2D eigenvalue weighted by atomic mass is 32.1. The number of hydrogen-bond donors (Lipinski definition) is 1. The normalized spacial score (nSPS) is 10.8. The average Bonchev–Trinajstić information content (AvgIpc) is 2.85. The summed E-state index contributed by atoms with van der Waals surface area (Å²) in [4.78, 5) is 15.1. The Kier molecular flexibility index (Phi) is 4.39. The summed E-state index contributed by atoms with van der Waals surface area (Å²) in [5.41, 5.74) is 2.28. The second-order valence-corrected chi connectivity index (χ2v) is 6.02. The van der Waals surface area contributed by atoms with Crippen molar-refractivity contribution in [1.82, 2.24) is 4.98 Å².